The van der Waals surface area contributed by atoms with Crippen LogP contribution in [-0.4, -0.2) is 43.8 Å². The lowest BCUT2D eigenvalue weighted by Gasteiger charge is -2.14. The summed E-state index contributed by atoms with van der Waals surface area (Å²) in [7, 11) is 0. The first-order chi connectivity index (χ1) is 14.7. The van der Waals surface area contributed by atoms with Gasteiger partial charge in [-0.15, -0.1) is 0 Å². The molecule has 0 radical (unpaired) electrons. The second kappa shape index (κ2) is 9.24. The molecule has 0 saturated carbocycles. The number of nitrogens with zero attached hydrogens (tertiary/aromatic N) is 1. The fraction of sp³-hybridized carbons (Fsp3) is 0.286. The number of carbonyl (C=O) groups excluding carboxylic acids is 2. The van der Waals surface area contributed by atoms with Gasteiger partial charge in [0, 0.05) is 18.2 Å². The molecule has 10 heteroatoms. The number of aromatic nitrogens is 3. The van der Waals surface area contributed by atoms with Crippen molar-refractivity contribution < 1.29 is 19.5 Å². The van der Waals surface area contributed by atoms with E-state index in [0.717, 1.165) is 11.1 Å². The Labute approximate surface area is 176 Å². The van der Waals surface area contributed by atoms with E-state index in [2.05, 4.69) is 20.3 Å². The van der Waals surface area contributed by atoms with Crippen molar-refractivity contribution in [2.45, 2.75) is 38.6 Å². The van der Waals surface area contributed by atoms with Crippen LogP contribution in [0.4, 0.5) is 5.95 Å². The molecule has 31 heavy (non-hydrogen) atoms. The maximum absolute atomic E-state index is 12.4. The van der Waals surface area contributed by atoms with Gasteiger partial charge in [-0.2, -0.15) is 4.98 Å². The van der Waals surface area contributed by atoms with Gasteiger partial charge in [0.15, 0.2) is 0 Å². The number of carboxylic acids is 1. The zero-order valence-corrected chi connectivity index (χ0v) is 16.9. The number of hydrogen-bond donors (Lipinski definition) is 5. The van der Waals surface area contributed by atoms with Gasteiger partial charge in [0.05, 0.1) is 5.39 Å². The Bertz CT molecular complexity index is 1180. The van der Waals surface area contributed by atoms with Crippen molar-refractivity contribution in [1.29, 1.82) is 0 Å². The zero-order chi connectivity index (χ0) is 22.5. The van der Waals surface area contributed by atoms with Crippen LogP contribution >= 0.6 is 0 Å². The average molecular weight is 425 g/mol. The quantitative estimate of drug-likeness (QED) is 0.342. The molecule has 3 aromatic rings. The van der Waals surface area contributed by atoms with Gasteiger partial charge >= 0.3 is 5.97 Å². The Balaban J connectivity index is 1.64. The van der Waals surface area contributed by atoms with Crippen molar-refractivity contribution in [3.8, 4) is 0 Å². The van der Waals surface area contributed by atoms with Crippen LogP contribution in [0.2, 0.25) is 0 Å². The average Bonchev–Trinajstić information content (AvgIpc) is 3.12. The van der Waals surface area contributed by atoms with Gasteiger partial charge in [0.25, 0.3) is 11.5 Å². The van der Waals surface area contributed by atoms with Crippen molar-refractivity contribution in [2.24, 2.45) is 0 Å². The van der Waals surface area contributed by atoms with Crippen LogP contribution in [0.1, 0.15) is 41.3 Å². The summed E-state index contributed by atoms with van der Waals surface area (Å²) in [5.41, 5.74) is 7.74. The number of amides is 1. The largest absolute Gasteiger partial charge is 0.480 e. The summed E-state index contributed by atoms with van der Waals surface area (Å²) in [5, 5.41) is 12.1. The molecule has 1 aromatic carbocycles. The van der Waals surface area contributed by atoms with Crippen LogP contribution in [0.5, 0.6) is 0 Å². The standard InChI is InChI=1S/C21H23N5O5/c1-11(27)2-9-15(20(30)31)24-18(28)13-6-3-12(4-7-13)5-8-14-10-23-17-16(14)19(29)26-21(22)25-17/h3-4,6-7,10,15H,2,5,8-9H2,1H3,(H,24,28)(H,30,31)(H4,22,23,25,26,29). The molecule has 6 N–H and O–H groups in total. The van der Waals surface area contributed by atoms with E-state index in [0.29, 0.717) is 29.4 Å². The van der Waals surface area contributed by atoms with Gasteiger partial charge in [-0.25, -0.2) is 4.79 Å². The smallest absolute Gasteiger partial charge is 0.326 e. The molecule has 0 bridgehead atoms. The predicted octanol–water partition coefficient (Wildman–Crippen LogP) is 1.17. The molecule has 10 nitrogen and oxygen atoms in total. The first-order valence-electron chi connectivity index (χ1n) is 9.72. The summed E-state index contributed by atoms with van der Waals surface area (Å²) in [6.07, 6.45) is 3.04. The number of ketones is 1. The molecule has 0 fully saturated rings. The lowest BCUT2D eigenvalue weighted by Crippen LogP contribution is -2.41. The van der Waals surface area contributed by atoms with Gasteiger partial charge in [0.2, 0.25) is 5.95 Å². The molecule has 2 heterocycles. The number of aryl methyl sites for hydroxylation is 2. The summed E-state index contributed by atoms with van der Waals surface area (Å²) >= 11 is 0. The monoisotopic (exact) mass is 425 g/mol. The summed E-state index contributed by atoms with van der Waals surface area (Å²) in [6.45, 7) is 1.37. The van der Waals surface area contributed by atoms with Crippen LogP contribution in [-0.2, 0) is 22.4 Å². The Hall–Kier alpha value is -3.95. The number of H-pyrrole nitrogens is 2. The van der Waals surface area contributed by atoms with Crippen molar-refractivity contribution in [2.75, 3.05) is 5.73 Å². The van der Waals surface area contributed by atoms with Crippen LogP contribution in [0.3, 0.4) is 0 Å². The van der Waals surface area contributed by atoms with Gasteiger partial charge in [-0.1, -0.05) is 12.1 Å². The molecule has 0 aliphatic heterocycles. The highest BCUT2D eigenvalue weighted by molar-refractivity contribution is 5.96. The van der Waals surface area contributed by atoms with E-state index in [4.69, 9.17) is 5.73 Å². The number of hydrogen-bond acceptors (Lipinski definition) is 6. The Morgan fingerprint density at radius 3 is 2.55 bits per heavy atom. The lowest BCUT2D eigenvalue weighted by atomic mass is 10.0. The number of nitrogen functional groups attached to an aromatic ring is 1. The third-order valence-electron chi connectivity index (χ3n) is 4.93. The summed E-state index contributed by atoms with van der Waals surface area (Å²) in [5.74, 6) is -1.79. The Morgan fingerprint density at radius 2 is 1.90 bits per heavy atom. The summed E-state index contributed by atoms with van der Waals surface area (Å²) < 4.78 is 0. The molecule has 162 valence electrons. The second-order valence-corrected chi connectivity index (χ2v) is 7.29. The highest BCUT2D eigenvalue weighted by Crippen LogP contribution is 2.16. The van der Waals surface area contributed by atoms with E-state index in [1.807, 2.05) is 0 Å². The fourth-order valence-corrected chi connectivity index (χ4v) is 3.27. The van der Waals surface area contributed by atoms with Crippen LogP contribution < -0.4 is 16.6 Å². The number of benzene rings is 1. The first-order valence-corrected chi connectivity index (χ1v) is 9.72. The van der Waals surface area contributed by atoms with Crippen molar-refractivity contribution in [3.05, 3.63) is 57.5 Å². The molecule has 3 rings (SSSR count). The topological polar surface area (TPSA) is 171 Å². The number of carbonyl (C=O) groups is 3. The third-order valence-corrected chi connectivity index (χ3v) is 4.93. The van der Waals surface area contributed by atoms with E-state index in [1.165, 1.54) is 6.92 Å². The van der Waals surface area contributed by atoms with Crippen molar-refractivity contribution >= 4 is 34.6 Å². The van der Waals surface area contributed by atoms with E-state index >= 15 is 0 Å². The van der Waals surface area contributed by atoms with E-state index in [-0.39, 0.29) is 30.1 Å². The molecular weight excluding hydrogens is 402 g/mol. The molecule has 0 aliphatic rings. The molecule has 1 unspecified atom stereocenters. The summed E-state index contributed by atoms with van der Waals surface area (Å²) in [4.78, 5) is 56.4. The van der Waals surface area contributed by atoms with E-state index in [9.17, 15) is 24.3 Å². The van der Waals surface area contributed by atoms with E-state index < -0.39 is 17.9 Å². The third kappa shape index (κ3) is 5.35. The lowest BCUT2D eigenvalue weighted by molar-refractivity contribution is -0.139. The molecule has 1 atom stereocenters. The van der Waals surface area contributed by atoms with Crippen molar-refractivity contribution in [1.82, 2.24) is 20.3 Å². The number of aromatic amines is 2. The minimum Gasteiger partial charge on any atom is -0.480 e. The van der Waals surface area contributed by atoms with Crippen molar-refractivity contribution in [3.63, 3.8) is 0 Å². The van der Waals surface area contributed by atoms with Gasteiger partial charge in [0.1, 0.15) is 17.5 Å². The highest BCUT2D eigenvalue weighted by Gasteiger charge is 2.21. The number of carboxylic acid groups (broad SMARTS) is 1. The Morgan fingerprint density at radius 1 is 1.19 bits per heavy atom. The minimum atomic E-state index is -1.18. The number of anilines is 1. The van der Waals surface area contributed by atoms with Gasteiger partial charge in [-0.05, 0) is 49.4 Å². The molecule has 0 aliphatic carbocycles. The van der Waals surface area contributed by atoms with Crippen LogP contribution in [0.25, 0.3) is 11.0 Å². The van der Waals surface area contributed by atoms with E-state index in [1.54, 1.807) is 30.5 Å². The zero-order valence-electron chi connectivity index (χ0n) is 16.9. The minimum absolute atomic E-state index is 0.0404. The highest BCUT2D eigenvalue weighted by atomic mass is 16.4. The number of nitrogens with two attached hydrogens (primary N) is 1. The van der Waals surface area contributed by atoms with Gasteiger partial charge < -0.3 is 25.9 Å². The molecule has 0 spiro atoms. The van der Waals surface area contributed by atoms with Crippen LogP contribution in [0.15, 0.2) is 35.3 Å². The number of nitrogens with one attached hydrogen (secondary N) is 3. The molecule has 0 saturated heterocycles. The van der Waals surface area contributed by atoms with Crippen LogP contribution in [0, 0.1) is 0 Å². The maximum atomic E-state index is 12.4. The predicted molar refractivity (Wildman–Crippen MR) is 114 cm³/mol. The number of fused-ring (bicyclic) bond motifs is 1. The Kier molecular flexibility index (Phi) is 6.49. The second-order valence-electron chi connectivity index (χ2n) is 7.29. The number of Topliss-reactive ketones (excluding diaryl/α,β-unsaturated/α-hetero) is 1. The maximum Gasteiger partial charge on any atom is 0.326 e. The molecular formula is C21H23N5O5. The first kappa shape index (κ1) is 21.8. The molecule has 1 amide bonds. The number of rotatable bonds is 9. The summed E-state index contributed by atoms with van der Waals surface area (Å²) in [6, 6.07) is 5.64. The SMILES string of the molecule is CC(=O)CCC(NC(=O)c1ccc(CCc2c[nH]c3nc(N)[nH]c(=O)c23)cc1)C(=O)O. The van der Waals surface area contributed by atoms with Gasteiger partial charge in [-0.3, -0.25) is 14.6 Å². The number of aliphatic carboxylic acids is 1. The fourth-order valence-electron chi connectivity index (χ4n) is 3.27. The normalized spacial score (nSPS) is 11.9. The molecule has 2 aromatic heterocycles.